The molecule has 0 amide bonds. The predicted molar refractivity (Wildman–Crippen MR) is 70.3 cm³/mol. The Balaban J connectivity index is 1.95. The molecule has 0 aromatic rings. The van der Waals surface area contributed by atoms with Gasteiger partial charge in [0.25, 0.3) is 0 Å². The van der Waals surface area contributed by atoms with Crippen molar-refractivity contribution < 1.29 is 19.1 Å². The van der Waals surface area contributed by atoms with E-state index in [-0.39, 0.29) is 5.92 Å². The van der Waals surface area contributed by atoms with Crippen molar-refractivity contribution in [1.82, 2.24) is 0 Å². The standard InChI is InChI=1S/C15H24O4/c1-4-18-13(16)12(14(17)19-5-2)11-8-15(9-11)6-10(3)7-15/h10-12H,4-9H2,1-3H3. The summed E-state index contributed by atoms with van der Waals surface area (Å²) >= 11 is 0. The molecule has 0 aliphatic heterocycles. The van der Waals surface area contributed by atoms with E-state index in [0.29, 0.717) is 18.6 Å². The maximum Gasteiger partial charge on any atom is 0.320 e. The molecule has 2 fully saturated rings. The Hall–Kier alpha value is -1.06. The zero-order valence-electron chi connectivity index (χ0n) is 12.1. The lowest BCUT2D eigenvalue weighted by atomic mass is 9.46. The molecule has 0 aromatic carbocycles. The van der Waals surface area contributed by atoms with Crippen LogP contribution in [0.1, 0.15) is 46.5 Å². The quantitative estimate of drug-likeness (QED) is 0.568. The van der Waals surface area contributed by atoms with Crippen LogP contribution in [0, 0.1) is 23.2 Å². The van der Waals surface area contributed by atoms with Crippen LogP contribution in [-0.4, -0.2) is 25.2 Å². The zero-order valence-corrected chi connectivity index (χ0v) is 12.1. The third-order valence-electron chi connectivity index (χ3n) is 4.51. The number of hydrogen-bond donors (Lipinski definition) is 0. The van der Waals surface area contributed by atoms with Crippen LogP contribution in [0.25, 0.3) is 0 Å². The van der Waals surface area contributed by atoms with Crippen LogP contribution in [0.15, 0.2) is 0 Å². The Labute approximate surface area is 114 Å². The van der Waals surface area contributed by atoms with Gasteiger partial charge in [0.2, 0.25) is 0 Å². The van der Waals surface area contributed by atoms with Gasteiger partial charge in [-0.25, -0.2) is 0 Å². The molecular weight excluding hydrogens is 244 g/mol. The van der Waals surface area contributed by atoms with Crippen molar-refractivity contribution >= 4 is 11.9 Å². The van der Waals surface area contributed by atoms with Crippen LogP contribution in [0.3, 0.4) is 0 Å². The van der Waals surface area contributed by atoms with Crippen LogP contribution in [0.2, 0.25) is 0 Å². The summed E-state index contributed by atoms with van der Waals surface area (Å²) in [5.74, 6) is -0.613. The van der Waals surface area contributed by atoms with Crippen LogP contribution in [0.4, 0.5) is 0 Å². The molecule has 4 nitrogen and oxygen atoms in total. The fraction of sp³-hybridized carbons (Fsp3) is 0.867. The number of hydrogen-bond acceptors (Lipinski definition) is 4. The van der Waals surface area contributed by atoms with E-state index in [1.54, 1.807) is 13.8 Å². The lowest BCUT2D eigenvalue weighted by Gasteiger charge is -2.58. The molecule has 2 aliphatic carbocycles. The number of ether oxygens (including phenoxy) is 2. The van der Waals surface area contributed by atoms with Crippen molar-refractivity contribution in [3.05, 3.63) is 0 Å². The summed E-state index contributed by atoms with van der Waals surface area (Å²) in [4.78, 5) is 23.9. The van der Waals surface area contributed by atoms with Gasteiger partial charge in [0, 0.05) is 0 Å². The summed E-state index contributed by atoms with van der Waals surface area (Å²) < 4.78 is 10.1. The Kier molecular flexibility index (Phi) is 4.16. The van der Waals surface area contributed by atoms with Crippen molar-refractivity contribution in [2.24, 2.45) is 23.2 Å². The summed E-state index contributed by atoms with van der Waals surface area (Å²) in [6.45, 7) is 6.39. The molecule has 108 valence electrons. The topological polar surface area (TPSA) is 52.6 Å². The van der Waals surface area contributed by atoms with Gasteiger partial charge in [0.05, 0.1) is 13.2 Å². The second kappa shape index (κ2) is 5.51. The molecule has 0 atom stereocenters. The SMILES string of the molecule is CCOC(=O)C(C(=O)OCC)C1CC2(CC(C)C2)C1. The first-order chi connectivity index (χ1) is 9.01. The van der Waals surface area contributed by atoms with Crippen LogP contribution >= 0.6 is 0 Å². The van der Waals surface area contributed by atoms with Gasteiger partial charge in [0.1, 0.15) is 0 Å². The molecule has 2 saturated carbocycles. The van der Waals surface area contributed by atoms with Crippen LogP contribution in [0.5, 0.6) is 0 Å². The number of carbonyl (C=O) groups excluding carboxylic acids is 2. The second-order valence-corrected chi connectivity index (χ2v) is 6.16. The van der Waals surface area contributed by atoms with Crippen LogP contribution < -0.4 is 0 Å². The van der Waals surface area contributed by atoms with Crippen molar-refractivity contribution in [1.29, 1.82) is 0 Å². The molecular formula is C15H24O4. The molecule has 0 aromatic heterocycles. The molecule has 19 heavy (non-hydrogen) atoms. The molecule has 2 rings (SSSR count). The summed E-state index contributed by atoms with van der Waals surface area (Å²) in [6, 6.07) is 0. The maximum absolute atomic E-state index is 12.0. The average Bonchev–Trinajstić information content (AvgIpc) is 2.25. The molecule has 0 unspecified atom stereocenters. The first-order valence-corrected chi connectivity index (χ1v) is 7.34. The van der Waals surface area contributed by atoms with E-state index in [1.165, 1.54) is 12.8 Å². The Morgan fingerprint density at radius 3 is 1.89 bits per heavy atom. The fourth-order valence-electron chi connectivity index (χ4n) is 3.99. The first kappa shape index (κ1) is 14.4. The highest BCUT2D eigenvalue weighted by molar-refractivity contribution is 5.95. The number of carbonyl (C=O) groups is 2. The van der Waals surface area contributed by atoms with E-state index < -0.39 is 17.9 Å². The predicted octanol–water partition coefficient (Wildman–Crippen LogP) is 2.56. The Morgan fingerprint density at radius 1 is 1.05 bits per heavy atom. The van der Waals surface area contributed by atoms with Gasteiger partial charge in [-0.3, -0.25) is 9.59 Å². The van der Waals surface area contributed by atoms with Crippen molar-refractivity contribution in [3.8, 4) is 0 Å². The third kappa shape index (κ3) is 2.77. The van der Waals surface area contributed by atoms with E-state index in [9.17, 15) is 9.59 Å². The van der Waals surface area contributed by atoms with E-state index in [0.717, 1.165) is 18.8 Å². The minimum absolute atomic E-state index is 0.116. The molecule has 4 heteroatoms. The van der Waals surface area contributed by atoms with Gasteiger partial charge in [-0.15, -0.1) is 0 Å². The lowest BCUT2D eigenvalue weighted by molar-refractivity contribution is -0.173. The molecule has 0 saturated heterocycles. The van der Waals surface area contributed by atoms with E-state index in [1.807, 2.05) is 0 Å². The molecule has 0 radical (unpaired) electrons. The highest BCUT2D eigenvalue weighted by Crippen LogP contribution is 2.62. The Bertz CT molecular complexity index is 331. The smallest absolute Gasteiger partial charge is 0.320 e. The summed E-state index contributed by atoms with van der Waals surface area (Å²) in [5, 5.41) is 0. The highest BCUT2D eigenvalue weighted by Gasteiger charge is 2.56. The van der Waals surface area contributed by atoms with Gasteiger partial charge in [-0.2, -0.15) is 0 Å². The molecule has 0 bridgehead atoms. The molecule has 0 N–H and O–H groups in total. The third-order valence-corrected chi connectivity index (χ3v) is 4.51. The number of rotatable bonds is 5. The monoisotopic (exact) mass is 268 g/mol. The summed E-state index contributed by atoms with van der Waals surface area (Å²) in [6.07, 6.45) is 4.42. The van der Waals surface area contributed by atoms with E-state index in [4.69, 9.17) is 9.47 Å². The largest absolute Gasteiger partial charge is 0.465 e. The fourth-order valence-corrected chi connectivity index (χ4v) is 3.99. The number of esters is 2. The van der Waals surface area contributed by atoms with E-state index in [2.05, 4.69) is 6.92 Å². The second-order valence-electron chi connectivity index (χ2n) is 6.16. The van der Waals surface area contributed by atoms with Gasteiger partial charge >= 0.3 is 11.9 Å². The normalized spacial score (nSPS) is 32.6. The van der Waals surface area contributed by atoms with E-state index >= 15 is 0 Å². The molecule has 2 aliphatic rings. The molecule has 1 spiro atoms. The van der Waals surface area contributed by atoms with Gasteiger partial charge in [0.15, 0.2) is 5.92 Å². The highest BCUT2D eigenvalue weighted by atomic mass is 16.6. The van der Waals surface area contributed by atoms with Gasteiger partial charge in [-0.1, -0.05) is 6.92 Å². The maximum atomic E-state index is 12.0. The van der Waals surface area contributed by atoms with Crippen molar-refractivity contribution in [3.63, 3.8) is 0 Å². The van der Waals surface area contributed by atoms with Crippen LogP contribution in [-0.2, 0) is 19.1 Å². The molecule has 0 heterocycles. The van der Waals surface area contributed by atoms with Gasteiger partial charge < -0.3 is 9.47 Å². The minimum Gasteiger partial charge on any atom is -0.465 e. The summed E-state index contributed by atoms with van der Waals surface area (Å²) in [7, 11) is 0. The minimum atomic E-state index is -0.707. The van der Waals surface area contributed by atoms with Gasteiger partial charge in [-0.05, 0) is 56.8 Å². The van der Waals surface area contributed by atoms with Crippen molar-refractivity contribution in [2.75, 3.05) is 13.2 Å². The summed E-state index contributed by atoms with van der Waals surface area (Å²) in [5.41, 5.74) is 0.418. The first-order valence-electron chi connectivity index (χ1n) is 7.34. The Morgan fingerprint density at radius 2 is 1.53 bits per heavy atom. The zero-order chi connectivity index (χ0) is 14.0. The lowest BCUT2D eigenvalue weighted by Crippen LogP contribution is -2.52. The average molecular weight is 268 g/mol. The van der Waals surface area contributed by atoms with Crippen molar-refractivity contribution in [2.45, 2.75) is 46.5 Å².